The van der Waals surface area contributed by atoms with Crippen LogP contribution in [0.15, 0.2) is 43.0 Å². The van der Waals surface area contributed by atoms with Crippen LogP contribution in [0.2, 0.25) is 0 Å². The zero-order valence-electron chi connectivity index (χ0n) is 18.0. The van der Waals surface area contributed by atoms with Gasteiger partial charge in [0, 0.05) is 35.4 Å². The molecule has 3 atom stereocenters. The number of para-hydroxylation sites is 1. The Hall–Kier alpha value is -3.66. The third-order valence-corrected chi connectivity index (χ3v) is 5.29. The van der Waals surface area contributed by atoms with Crippen molar-refractivity contribution >= 4 is 28.7 Å². The zero-order valence-corrected chi connectivity index (χ0v) is 18.0. The molecule has 0 aliphatic carbocycles. The number of aromatic nitrogens is 3. The summed E-state index contributed by atoms with van der Waals surface area (Å²) in [5.41, 5.74) is 8.55. The lowest BCUT2D eigenvalue weighted by Gasteiger charge is -2.25. The highest BCUT2D eigenvalue weighted by molar-refractivity contribution is 5.92. The fourth-order valence-electron chi connectivity index (χ4n) is 3.50. The molecule has 0 unspecified atom stereocenters. The number of aromatic amines is 2. The highest BCUT2D eigenvalue weighted by atomic mass is 16.4. The molecule has 170 valence electrons. The number of fused-ring (bicyclic) bond motifs is 1. The minimum Gasteiger partial charge on any atom is -0.480 e. The molecular formula is C22H28N6O4. The van der Waals surface area contributed by atoms with Gasteiger partial charge < -0.3 is 31.4 Å². The average molecular weight is 441 g/mol. The first-order valence-corrected chi connectivity index (χ1v) is 10.4. The van der Waals surface area contributed by atoms with E-state index in [1.165, 1.54) is 12.5 Å². The van der Waals surface area contributed by atoms with Gasteiger partial charge in [-0.2, -0.15) is 0 Å². The number of nitrogens with zero attached hydrogens (tertiary/aromatic N) is 1. The summed E-state index contributed by atoms with van der Waals surface area (Å²) in [6.07, 6.45) is 5.08. The topological polar surface area (TPSA) is 166 Å². The third-order valence-electron chi connectivity index (χ3n) is 5.29. The summed E-state index contributed by atoms with van der Waals surface area (Å²) in [7, 11) is 0. The molecule has 0 saturated heterocycles. The highest BCUT2D eigenvalue weighted by Gasteiger charge is 2.30. The van der Waals surface area contributed by atoms with Gasteiger partial charge in [0.1, 0.15) is 12.1 Å². The molecule has 2 heterocycles. The molecule has 3 rings (SSSR count). The molecule has 0 bridgehead atoms. The monoisotopic (exact) mass is 440 g/mol. The molecule has 0 aliphatic heterocycles. The Bertz CT molecular complexity index is 1080. The van der Waals surface area contributed by atoms with Crippen molar-refractivity contribution in [1.29, 1.82) is 0 Å². The largest absolute Gasteiger partial charge is 0.480 e. The first-order valence-electron chi connectivity index (χ1n) is 10.4. The van der Waals surface area contributed by atoms with E-state index in [-0.39, 0.29) is 12.3 Å². The molecule has 0 radical (unpaired) electrons. The number of rotatable bonds is 10. The lowest BCUT2D eigenvalue weighted by molar-refractivity contribution is -0.142. The van der Waals surface area contributed by atoms with Crippen LogP contribution < -0.4 is 16.4 Å². The van der Waals surface area contributed by atoms with Gasteiger partial charge in [-0.3, -0.25) is 9.59 Å². The smallest absolute Gasteiger partial charge is 0.326 e. The van der Waals surface area contributed by atoms with Crippen LogP contribution in [0.3, 0.4) is 0 Å². The maximum absolute atomic E-state index is 12.8. The Morgan fingerprint density at radius 1 is 1.09 bits per heavy atom. The van der Waals surface area contributed by atoms with E-state index in [0.29, 0.717) is 12.1 Å². The number of aliphatic carboxylic acids is 1. The molecular weight excluding hydrogens is 412 g/mol. The fourth-order valence-corrected chi connectivity index (χ4v) is 3.50. The summed E-state index contributed by atoms with van der Waals surface area (Å²) in [5.74, 6) is -2.53. The summed E-state index contributed by atoms with van der Waals surface area (Å²) in [6, 6.07) is 4.74. The van der Waals surface area contributed by atoms with E-state index >= 15 is 0 Å². The van der Waals surface area contributed by atoms with Crippen molar-refractivity contribution < 1.29 is 19.5 Å². The normalized spacial score (nSPS) is 14.1. The van der Waals surface area contributed by atoms with Gasteiger partial charge in [-0.25, -0.2) is 9.78 Å². The van der Waals surface area contributed by atoms with Gasteiger partial charge in [-0.15, -0.1) is 0 Å². The summed E-state index contributed by atoms with van der Waals surface area (Å²) in [6.45, 7) is 3.53. The van der Waals surface area contributed by atoms with Gasteiger partial charge in [0.05, 0.1) is 12.4 Å². The Balaban J connectivity index is 1.64. The molecule has 3 aromatic rings. The van der Waals surface area contributed by atoms with Crippen LogP contribution in [0.4, 0.5) is 0 Å². The number of carboxylic acid groups (broad SMARTS) is 1. The van der Waals surface area contributed by atoms with Crippen LogP contribution in [-0.4, -0.2) is 56.0 Å². The van der Waals surface area contributed by atoms with Gasteiger partial charge in [0.25, 0.3) is 0 Å². The van der Waals surface area contributed by atoms with Crippen molar-refractivity contribution in [2.45, 2.75) is 44.8 Å². The van der Waals surface area contributed by atoms with Crippen molar-refractivity contribution in [3.05, 3.63) is 54.2 Å². The number of carbonyl (C=O) groups excluding carboxylic acids is 2. The molecule has 2 aromatic heterocycles. The van der Waals surface area contributed by atoms with Gasteiger partial charge in [-0.1, -0.05) is 32.0 Å². The lowest BCUT2D eigenvalue weighted by Crippen LogP contribution is -2.56. The second kappa shape index (κ2) is 10.1. The fraction of sp³-hybridized carbons (Fsp3) is 0.364. The van der Waals surface area contributed by atoms with Crippen molar-refractivity contribution in [3.63, 3.8) is 0 Å². The molecule has 0 aliphatic rings. The van der Waals surface area contributed by atoms with Crippen molar-refractivity contribution in [3.8, 4) is 0 Å². The van der Waals surface area contributed by atoms with Crippen molar-refractivity contribution in [2.24, 2.45) is 11.7 Å². The minimum atomic E-state index is -1.18. The maximum Gasteiger partial charge on any atom is 0.326 e. The Kier molecular flexibility index (Phi) is 7.26. The Morgan fingerprint density at radius 3 is 2.50 bits per heavy atom. The third kappa shape index (κ3) is 5.52. The van der Waals surface area contributed by atoms with E-state index in [2.05, 4.69) is 25.6 Å². The van der Waals surface area contributed by atoms with Crippen LogP contribution in [0.5, 0.6) is 0 Å². The van der Waals surface area contributed by atoms with Gasteiger partial charge in [-0.05, 0) is 24.0 Å². The molecule has 32 heavy (non-hydrogen) atoms. The molecule has 0 fully saturated rings. The number of carboxylic acids is 1. The second-order valence-corrected chi connectivity index (χ2v) is 8.08. The predicted octanol–water partition coefficient (Wildman–Crippen LogP) is 0.714. The number of nitrogens with two attached hydrogens (primary N) is 1. The van der Waals surface area contributed by atoms with E-state index in [1.54, 1.807) is 13.8 Å². The van der Waals surface area contributed by atoms with E-state index < -0.39 is 35.9 Å². The summed E-state index contributed by atoms with van der Waals surface area (Å²) >= 11 is 0. The van der Waals surface area contributed by atoms with Crippen molar-refractivity contribution in [2.75, 3.05) is 0 Å². The first kappa shape index (κ1) is 23.0. The number of hydrogen-bond donors (Lipinski definition) is 6. The van der Waals surface area contributed by atoms with E-state index in [0.717, 1.165) is 16.5 Å². The Labute approximate surface area is 185 Å². The second-order valence-electron chi connectivity index (χ2n) is 8.08. The first-order chi connectivity index (χ1) is 15.3. The number of benzene rings is 1. The van der Waals surface area contributed by atoms with Crippen molar-refractivity contribution in [1.82, 2.24) is 25.6 Å². The van der Waals surface area contributed by atoms with E-state index in [9.17, 15) is 19.5 Å². The quantitative estimate of drug-likeness (QED) is 0.272. The van der Waals surface area contributed by atoms with Gasteiger partial charge in [0.15, 0.2) is 0 Å². The lowest BCUT2D eigenvalue weighted by atomic mass is 10.0. The number of amides is 2. The molecule has 10 heteroatoms. The van der Waals surface area contributed by atoms with Gasteiger partial charge >= 0.3 is 5.97 Å². The molecule has 0 saturated carbocycles. The molecule has 10 nitrogen and oxygen atoms in total. The van der Waals surface area contributed by atoms with Crippen LogP contribution in [0.25, 0.3) is 10.9 Å². The molecule has 0 spiro atoms. The number of nitrogens with one attached hydrogen (secondary N) is 4. The SMILES string of the molecule is CC(C)[C@H](NC(=O)[C@@H](N)Cc1c[nH]c2ccccc12)C(=O)N[C@@H](Cc1cnc[nH]1)C(=O)O. The highest BCUT2D eigenvalue weighted by Crippen LogP contribution is 2.19. The number of hydrogen-bond acceptors (Lipinski definition) is 5. The Morgan fingerprint density at radius 2 is 1.84 bits per heavy atom. The van der Waals surface area contributed by atoms with Crippen LogP contribution in [-0.2, 0) is 27.2 Å². The molecule has 1 aromatic carbocycles. The number of H-pyrrole nitrogens is 2. The van der Waals surface area contributed by atoms with Crippen LogP contribution in [0.1, 0.15) is 25.1 Å². The zero-order chi connectivity index (χ0) is 23.3. The van der Waals surface area contributed by atoms with Crippen LogP contribution >= 0.6 is 0 Å². The number of carbonyl (C=O) groups is 3. The molecule has 2 amide bonds. The maximum atomic E-state index is 12.8. The summed E-state index contributed by atoms with van der Waals surface area (Å²) in [5, 5.41) is 15.6. The minimum absolute atomic E-state index is 0.0416. The molecule has 7 N–H and O–H groups in total. The van der Waals surface area contributed by atoms with E-state index in [1.807, 2.05) is 30.5 Å². The number of imidazole rings is 1. The predicted molar refractivity (Wildman–Crippen MR) is 119 cm³/mol. The van der Waals surface area contributed by atoms with E-state index in [4.69, 9.17) is 5.73 Å². The standard InChI is InChI=1S/C22H28N6O4/c1-12(2)19(21(30)27-18(22(31)32)8-14-10-24-11-26-14)28-20(29)16(23)7-13-9-25-17-6-4-3-5-15(13)17/h3-6,9-12,16,18-19,25H,7-8,23H2,1-2H3,(H,24,26)(H,27,30)(H,28,29)(H,31,32)/t16-,18-,19-/m0/s1. The summed E-state index contributed by atoms with van der Waals surface area (Å²) in [4.78, 5) is 47.0. The van der Waals surface area contributed by atoms with Crippen LogP contribution in [0, 0.1) is 5.92 Å². The average Bonchev–Trinajstić information content (AvgIpc) is 3.41. The summed E-state index contributed by atoms with van der Waals surface area (Å²) < 4.78 is 0. The van der Waals surface area contributed by atoms with Gasteiger partial charge in [0.2, 0.25) is 11.8 Å².